The predicted octanol–water partition coefficient (Wildman–Crippen LogP) is 3.95. The molecule has 1 aliphatic heterocycles. The number of nitrogens with two attached hydrogens (primary N) is 1. The lowest BCUT2D eigenvalue weighted by atomic mass is 9.72. The van der Waals surface area contributed by atoms with E-state index in [1.807, 2.05) is 36.4 Å². The van der Waals surface area contributed by atoms with E-state index in [1.165, 1.54) is 6.42 Å². The molecule has 0 atom stereocenters. The van der Waals surface area contributed by atoms with Crippen molar-refractivity contribution in [3.63, 3.8) is 0 Å². The number of amidine groups is 2. The highest BCUT2D eigenvalue weighted by atomic mass is 16.5. The second kappa shape index (κ2) is 8.42. The van der Waals surface area contributed by atoms with Gasteiger partial charge in [-0.3, -0.25) is 15.3 Å². The summed E-state index contributed by atoms with van der Waals surface area (Å²) in [6, 6.07) is 20.3. The number of hydrogen-bond donors (Lipinski definition) is 3. The van der Waals surface area contributed by atoms with Crippen LogP contribution in [-0.2, 0) is 5.54 Å². The standard InChI is InChI=1S/C26H27N5O2/c1-29-23-16-33-25-21(31(23)22(27)15-32)14-20(17-6-3-2-4-7-17)24(30-25)18-8-10-19(11-9-18)26(28)12-5-13-26/h2-4,6-11,14,27,32H,5,12-13,15-16,28H2,1H3. The van der Waals surface area contributed by atoms with Crippen molar-refractivity contribution >= 4 is 17.4 Å². The molecular formula is C26H27N5O2. The minimum Gasteiger partial charge on any atom is -0.468 e. The Kier molecular flexibility index (Phi) is 5.44. The Morgan fingerprint density at radius 2 is 1.88 bits per heavy atom. The van der Waals surface area contributed by atoms with Crippen LogP contribution in [0.4, 0.5) is 5.69 Å². The molecule has 1 aromatic heterocycles. The van der Waals surface area contributed by atoms with Crippen molar-refractivity contribution < 1.29 is 9.84 Å². The molecule has 0 bridgehead atoms. The maximum absolute atomic E-state index is 9.67. The van der Waals surface area contributed by atoms with Crippen molar-refractivity contribution in [1.82, 2.24) is 4.98 Å². The van der Waals surface area contributed by atoms with Gasteiger partial charge in [0.25, 0.3) is 0 Å². The Morgan fingerprint density at radius 1 is 1.15 bits per heavy atom. The minimum atomic E-state index is -0.414. The Morgan fingerprint density at radius 3 is 2.48 bits per heavy atom. The third kappa shape index (κ3) is 3.69. The summed E-state index contributed by atoms with van der Waals surface area (Å²) >= 11 is 0. The van der Waals surface area contributed by atoms with E-state index < -0.39 is 6.61 Å². The van der Waals surface area contributed by atoms with E-state index in [-0.39, 0.29) is 18.0 Å². The molecule has 2 aromatic carbocycles. The Labute approximate surface area is 193 Å². The molecule has 2 heterocycles. The first-order valence-electron chi connectivity index (χ1n) is 11.1. The lowest BCUT2D eigenvalue weighted by Crippen LogP contribution is -2.44. The molecule has 4 N–H and O–H groups in total. The van der Waals surface area contributed by atoms with Gasteiger partial charge in [-0.25, -0.2) is 4.98 Å². The van der Waals surface area contributed by atoms with E-state index in [0.29, 0.717) is 17.4 Å². The number of benzene rings is 2. The second-order valence-corrected chi connectivity index (χ2v) is 8.53. The topological polar surface area (TPSA) is 108 Å². The van der Waals surface area contributed by atoms with Crippen molar-refractivity contribution in [1.29, 1.82) is 5.41 Å². The summed E-state index contributed by atoms with van der Waals surface area (Å²) in [5.41, 5.74) is 11.7. The van der Waals surface area contributed by atoms with Crippen LogP contribution in [0.1, 0.15) is 24.8 Å². The highest BCUT2D eigenvalue weighted by Crippen LogP contribution is 2.42. The number of aliphatic hydroxyl groups excluding tert-OH is 1. The largest absolute Gasteiger partial charge is 0.468 e. The fourth-order valence-electron chi connectivity index (χ4n) is 4.49. The van der Waals surface area contributed by atoms with Crippen LogP contribution in [0.15, 0.2) is 65.7 Å². The number of aromatic nitrogens is 1. The number of aliphatic hydroxyl groups is 1. The van der Waals surface area contributed by atoms with Crippen LogP contribution < -0.4 is 15.4 Å². The summed E-state index contributed by atoms with van der Waals surface area (Å²) in [7, 11) is 1.65. The van der Waals surface area contributed by atoms with Gasteiger partial charge in [-0.05, 0) is 36.5 Å². The van der Waals surface area contributed by atoms with Gasteiger partial charge in [-0.15, -0.1) is 0 Å². The number of nitrogens with one attached hydrogen (secondary N) is 1. The van der Waals surface area contributed by atoms with Gasteiger partial charge in [-0.1, -0.05) is 54.6 Å². The van der Waals surface area contributed by atoms with E-state index in [9.17, 15) is 5.11 Å². The van der Waals surface area contributed by atoms with E-state index in [4.69, 9.17) is 20.9 Å². The highest BCUT2D eigenvalue weighted by Gasteiger charge is 2.34. The molecule has 0 amide bonds. The minimum absolute atomic E-state index is 0.0202. The van der Waals surface area contributed by atoms with Gasteiger partial charge in [-0.2, -0.15) is 0 Å². The number of pyridine rings is 1. The Balaban J connectivity index is 1.66. The van der Waals surface area contributed by atoms with Crippen LogP contribution in [0.2, 0.25) is 0 Å². The summed E-state index contributed by atoms with van der Waals surface area (Å²) in [5, 5.41) is 18.0. The van der Waals surface area contributed by atoms with Crippen LogP contribution in [0.3, 0.4) is 0 Å². The third-order valence-corrected chi connectivity index (χ3v) is 6.55. The molecule has 0 radical (unpaired) electrons. The van der Waals surface area contributed by atoms with Crippen LogP contribution in [0.5, 0.6) is 5.88 Å². The molecule has 168 valence electrons. The lowest BCUT2D eigenvalue weighted by Gasteiger charge is -2.38. The van der Waals surface area contributed by atoms with Crippen LogP contribution in [0.25, 0.3) is 22.4 Å². The van der Waals surface area contributed by atoms with Crippen LogP contribution >= 0.6 is 0 Å². The van der Waals surface area contributed by atoms with Crippen molar-refractivity contribution in [2.75, 3.05) is 25.2 Å². The molecule has 1 fully saturated rings. The fraction of sp³-hybridized carbons (Fsp3) is 0.269. The summed E-state index contributed by atoms with van der Waals surface area (Å²) in [4.78, 5) is 10.8. The molecule has 3 aromatic rings. The number of ether oxygens (including phenoxy) is 1. The average molecular weight is 442 g/mol. The second-order valence-electron chi connectivity index (χ2n) is 8.53. The van der Waals surface area contributed by atoms with Gasteiger partial charge >= 0.3 is 0 Å². The van der Waals surface area contributed by atoms with Gasteiger partial charge in [0.15, 0.2) is 0 Å². The maximum atomic E-state index is 9.67. The first-order chi connectivity index (χ1) is 16.0. The quantitative estimate of drug-likeness (QED) is 0.420. The molecule has 0 spiro atoms. The average Bonchev–Trinajstić information content (AvgIpc) is 2.86. The van der Waals surface area contributed by atoms with Crippen molar-refractivity contribution in [2.24, 2.45) is 10.7 Å². The molecule has 0 unspecified atom stereocenters. The molecule has 2 aliphatic rings. The van der Waals surface area contributed by atoms with Crippen molar-refractivity contribution in [3.8, 4) is 28.3 Å². The van der Waals surface area contributed by atoms with E-state index in [1.54, 1.807) is 11.9 Å². The molecule has 7 nitrogen and oxygen atoms in total. The van der Waals surface area contributed by atoms with Gasteiger partial charge in [0.05, 0.1) is 5.69 Å². The number of anilines is 1. The smallest absolute Gasteiger partial charge is 0.239 e. The molecule has 7 heteroatoms. The van der Waals surface area contributed by atoms with Gasteiger partial charge in [0.2, 0.25) is 5.88 Å². The number of fused-ring (bicyclic) bond motifs is 1. The lowest BCUT2D eigenvalue weighted by molar-refractivity contribution is 0.253. The molecule has 0 saturated heterocycles. The van der Waals surface area contributed by atoms with Gasteiger partial charge in [0, 0.05) is 23.7 Å². The summed E-state index contributed by atoms with van der Waals surface area (Å²) in [5.74, 6) is 0.980. The first-order valence-corrected chi connectivity index (χ1v) is 11.1. The first kappa shape index (κ1) is 21.3. The number of hydrogen-bond acceptors (Lipinski definition) is 6. The van der Waals surface area contributed by atoms with Gasteiger partial charge in [0.1, 0.15) is 30.6 Å². The third-order valence-electron chi connectivity index (χ3n) is 6.55. The number of rotatable bonds is 4. The highest BCUT2D eigenvalue weighted by molar-refractivity contribution is 6.20. The van der Waals surface area contributed by atoms with E-state index in [2.05, 4.69) is 29.3 Å². The number of nitrogens with zero attached hydrogens (tertiary/aromatic N) is 3. The molecule has 5 rings (SSSR count). The normalized spacial score (nSPS) is 17.8. The zero-order valence-corrected chi connectivity index (χ0v) is 18.6. The fourth-order valence-corrected chi connectivity index (χ4v) is 4.49. The van der Waals surface area contributed by atoms with Crippen LogP contribution in [0, 0.1) is 5.41 Å². The zero-order chi connectivity index (χ0) is 23.0. The van der Waals surface area contributed by atoms with Crippen LogP contribution in [-0.4, -0.2) is 42.0 Å². The molecule has 33 heavy (non-hydrogen) atoms. The number of aliphatic imine (C=N–C) groups is 1. The Hall–Kier alpha value is -3.55. The summed E-state index contributed by atoms with van der Waals surface area (Å²) in [6.45, 7) is -0.235. The summed E-state index contributed by atoms with van der Waals surface area (Å²) in [6.07, 6.45) is 3.20. The summed E-state index contributed by atoms with van der Waals surface area (Å²) < 4.78 is 5.93. The maximum Gasteiger partial charge on any atom is 0.239 e. The molecular weight excluding hydrogens is 414 g/mol. The van der Waals surface area contributed by atoms with Crippen molar-refractivity contribution in [2.45, 2.75) is 24.8 Å². The zero-order valence-electron chi connectivity index (χ0n) is 18.6. The van der Waals surface area contributed by atoms with Gasteiger partial charge < -0.3 is 15.6 Å². The monoisotopic (exact) mass is 441 g/mol. The van der Waals surface area contributed by atoms with Crippen molar-refractivity contribution in [3.05, 3.63) is 66.2 Å². The SMILES string of the molecule is CN=C1COc2nc(-c3ccc(C4(N)CCC4)cc3)c(-c3ccccc3)cc2N1C(=N)CO. The van der Waals surface area contributed by atoms with E-state index in [0.717, 1.165) is 40.8 Å². The predicted molar refractivity (Wildman–Crippen MR) is 131 cm³/mol. The molecule has 1 aliphatic carbocycles. The Bertz CT molecular complexity index is 1220. The molecule has 1 saturated carbocycles. The van der Waals surface area contributed by atoms with E-state index >= 15 is 0 Å².